The molecule has 0 unspecified atom stereocenters. The van der Waals surface area contributed by atoms with Crippen LogP contribution in [0.25, 0.3) is 55.0 Å². The molecular weight excluding hydrogens is 535 g/mol. The van der Waals surface area contributed by atoms with Gasteiger partial charge in [0.05, 0.1) is 62.1 Å². The number of benzene rings is 5. The van der Waals surface area contributed by atoms with Crippen molar-refractivity contribution in [1.82, 2.24) is 9.13 Å². The van der Waals surface area contributed by atoms with Gasteiger partial charge in [-0.1, -0.05) is 42.5 Å². The molecule has 0 radical (unpaired) electrons. The van der Waals surface area contributed by atoms with Crippen LogP contribution >= 0.6 is 0 Å². The Balaban J connectivity index is 1.71. The fourth-order valence-electron chi connectivity index (χ4n) is 5.92. The van der Waals surface area contributed by atoms with Gasteiger partial charge in [0.25, 0.3) is 0 Å². The highest BCUT2D eigenvalue weighted by molar-refractivity contribution is 6.19. The molecule has 0 spiro atoms. The molecule has 2 heterocycles. The SMILES string of the molecule is N#Cc1cc(C#N)cc(-n2c3ccccc3c3cc4c5ccccc5n(-c5c(C#N)cccc5C(F)(F)F)c4cc32)c1. The van der Waals surface area contributed by atoms with E-state index < -0.39 is 11.7 Å². The molecule has 0 N–H and O–H groups in total. The van der Waals surface area contributed by atoms with Crippen LogP contribution in [0.15, 0.2) is 97.1 Å². The molecule has 5 nitrogen and oxygen atoms in total. The average molecular weight is 552 g/mol. The Morgan fingerprint density at radius 3 is 1.67 bits per heavy atom. The number of rotatable bonds is 2. The van der Waals surface area contributed by atoms with Crippen LogP contribution in [0.1, 0.15) is 22.3 Å². The van der Waals surface area contributed by atoms with Crippen LogP contribution in [0.2, 0.25) is 0 Å². The van der Waals surface area contributed by atoms with Gasteiger partial charge in [-0.3, -0.25) is 0 Å². The first kappa shape index (κ1) is 25.0. The summed E-state index contributed by atoms with van der Waals surface area (Å²) in [4.78, 5) is 0. The summed E-state index contributed by atoms with van der Waals surface area (Å²) >= 11 is 0. The lowest BCUT2D eigenvalue weighted by Crippen LogP contribution is -2.12. The summed E-state index contributed by atoms with van der Waals surface area (Å²) < 4.78 is 46.6. The van der Waals surface area contributed by atoms with E-state index in [4.69, 9.17) is 0 Å². The smallest absolute Gasteiger partial charge is 0.309 e. The molecule has 0 saturated heterocycles. The van der Waals surface area contributed by atoms with Crippen molar-refractivity contribution in [2.24, 2.45) is 0 Å². The predicted octanol–water partition coefficient (Wildman–Crippen LogP) is 8.51. The second kappa shape index (κ2) is 8.99. The Labute approximate surface area is 236 Å². The van der Waals surface area contributed by atoms with Gasteiger partial charge < -0.3 is 9.13 Å². The standard InChI is InChI=1S/C34H16F3N5/c35-34(36,37)28-9-5-6-22(19-40)33(28)42-30-11-4-2-8-25(30)27-15-26-24-7-1-3-10-29(24)41(31(26)16-32(27)42)23-13-20(17-38)12-21(14-23)18-39/h1-16H. The minimum atomic E-state index is -4.70. The Bertz CT molecular complexity index is 2360. The van der Waals surface area contributed by atoms with Gasteiger partial charge in [-0.15, -0.1) is 0 Å². The van der Waals surface area contributed by atoms with E-state index >= 15 is 0 Å². The average Bonchev–Trinajstić information content (AvgIpc) is 3.50. The number of aromatic nitrogens is 2. The van der Waals surface area contributed by atoms with Gasteiger partial charge in [0.15, 0.2) is 0 Å². The summed E-state index contributed by atoms with van der Waals surface area (Å²) in [7, 11) is 0. The summed E-state index contributed by atoms with van der Waals surface area (Å²) in [5.74, 6) is 0. The Morgan fingerprint density at radius 2 is 1.10 bits per heavy atom. The third kappa shape index (κ3) is 3.55. The maximum atomic E-state index is 14.4. The number of alkyl halides is 3. The molecule has 0 aliphatic carbocycles. The molecular formula is C34H16F3N5. The van der Waals surface area contributed by atoms with Gasteiger partial charge in [0, 0.05) is 27.2 Å². The first-order chi connectivity index (χ1) is 20.3. The molecule has 7 rings (SSSR count). The Morgan fingerprint density at radius 1 is 0.524 bits per heavy atom. The van der Waals surface area contributed by atoms with Gasteiger partial charge in [0.2, 0.25) is 0 Å². The molecule has 0 amide bonds. The summed E-state index contributed by atoms with van der Waals surface area (Å²) in [5, 5.41) is 32.4. The van der Waals surface area contributed by atoms with E-state index in [-0.39, 0.29) is 11.3 Å². The summed E-state index contributed by atoms with van der Waals surface area (Å²) in [6, 6.07) is 33.3. The van der Waals surface area contributed by atoms with E-state index in [0.717, 1.165) is 33.1 Å². The number of nitriles is 3. The second-order valence-electron chi connectivity index (χ2n) is 9.90. The third-order valence-electron chi connectivity index (χ3n) is 7.59. The van der Waals surface area contributed by atoms with E-state index in [0.29, 0.717) is 33.4 Å². The first-order valence-corrected chi connectivity index (χ1v) is 12.9. The van der Waals surface area contributed by atoms with Crippen LogP contribution < -0.4 is 0 Å². The molecule has 7 aromatic rings. The van der Waals surface area contributed by atoms with Gasteiger partial charge in [-0.2, -0.15) is 29.0 Å². The number of hydrogen-bond acceptors (Lipinski definition) is 3. The maximum Gasteiger partial charge on any atom is 0.418 e. The third-order valence-corrected chi connectivity index (χ3v) is 7.59. The molecule has 2 aromatic heterocycles. The zero-order valence-electron chi connectivity index (χ0n) is 21.6. The van der Waals surface area contributed by atoms with Crippen LogP contribution in [0.4, 0.5) is 13.2 Å². The highest BCUT2D eigenvalue weighted by Crippen LogP contribution is 2.43. The summed E-state index contributed by atoms with van der Waals surface area (Å²) in [6.07, 6.45) is -4.70. The second-order valence-corrected chi connectivity index (χ2v) is 9.90. The van der Waals surface area contributed by atoms with Crippen LogP contribution in [0.5, 0.6) is 0 Å². The molecule has 8 heteroatoms. The fourth-order valence-corrected chi connectivity index (χ4v) is 5.92. The van der Waals surface area contributed by atoms with E-state index in [9.17, 15) is 29.0 Å². The van der Waals surface area contributed by atoms with Crippen molar-refractivity contribution in [1.29, 1.82) is 15.8 Å². The minimum Gasteiger partial charge on any atom is -0.309 e. The number of para-hydroxylation sites is 3. The van der Waals surface area contributed by atoms with Crippen LogP contribution in [0, 0.1) is 34.0 Å². The number of hydrogen-bond donors (Lipinski definition) is 0. The summed E-state index contributed by atoms with van der Waals surface area (Å²) in [5.41, 5.74) is 2.44. The topological polar surface area (TPSA) is 81.2 Å². The zero-order valence-corrected chi connectivity index (χ0v) is 21.6. The van der Waals surface area contributed by atoms with E-state index in [2.05, 4.69) is 12.1 Å². The highest BCUT2D eigenvalue weighted by atomic mass is 19.4. The molecule has 0 aliphatic rings. The monoisotopic (exact) mass is 551 g/mol. The molecule has 0 fully saturated rings. The molecule has 0 atom stereocenters. The van der Waals surface area contributed by atoms with Crippen molar-refractivity contribution in [3.05, 3.63) is 119 Å². The zero-order chi connectivity index (χ0) is 29.2. The van der Waals surface area contributed by atoms with Crippen molar-refractivity contribution >= 4 is 43.6 Å². The minimum absolute atomic E-state index is 0.103. The lowest BCUT2D eigenvalue weighted by atomic mass is 10.1. The van der Waals surface area contributed by atoms with Gasteiger partial charge in [0.1, 0.15) is 6.07 Å². The normalized spacial score (nSPS) is 11.6. The lowest BCUT2D eigenvalue weighted by Gasteiger charge is -2.17. The van der Waals surface area contributed by atoms with Crippen molar-refractivity contribution < 1.29 is 13.2 Å². The molecule has 42 heavy (non-hydrogen) atoms. The quantitative estimate of drug-likeness (QED) is 0.216. The van der Waals surface area contributed by atoms with Crippen LogP contribution in [-0.4, -0.2) is 9.13 Å². The van der Waals surface area contributed by atoms with Gasteiger partial charge >= 0.3 is 6.18 Å². The number of halogens is 3. The molecule has 0 aliphatic heterocycles. The van der Waals surface area contributed by atoms with E-state index in [1.54, 1.807) is 24.3 Å². The van der Waals surface area contributed by atoms with Crippen molar-refractivity contribution in [3.8, 4) is 29.6 Å². The predicted molar refractivity (Wildman–Crippen MR) is 154 cm³/mol. The first-order valence-electron chi connectivity index (χ1n) is 12.9. The maximum absolute atomic E-state index is 14.4. The summed E-state index contributed by atoms with van der Waals surface area (Å²) in [6.45, 7) is 0. The molecule has 5 aromatic carbocycles. The highest BCUT2D eigenvalue weighted by Gasteiger charge is 2.36. The van der Waals surface area contributed by atoms with Crippen molar-refractivity contribution in [3.63, 3.8) is 0 Å². The Kier molecular flexibility index (Phi) is 5.34. The number of nitrogens with zero attached hydrogens (tertiary/aromatic N) is 5. The van der Waals surface area contributed by atoms with Crippen molar-refractivity contribution in [2.45, 2.75) is 6.18 Å². The van der Waals surface area contributed by atoms with Crippen molar-refractivity contribution in [2.75, 3.05) is 0 Å². The van der Waals surface area contributed by atoms with Crippen LogP contribution in [-0.2, 0) is 6.18 Å². The van der Waals surface area contributed by atoms with Gasteiger partial charge in [-0.25, -0.2) is 0 Å². The molecule has 0 bridgehead atoms. The van der Waals surface area contributed by atoms with E-state index in [1.165, 1.54) is 22.8 Å². The van der Waals surface area contributed by atoms with Gasteiger partial charge in [-0.05, 0) is 54.6 Å². The Hall–Kier alpha value is -6.04. The molecule has 0 saturated carbocycles. The van der Waals surface area contributed by atoms with Crippen LogP contribution in [0.3, 0.4) is 0 Å². The molecule has 198 valence electrons. The fraction of sp³-hybridized carbons (Fsp3) is 0.0294. The largest absolute Gasteiger partial charge is 0.418 e. The lowest BCUT2D eigenvalue weighted by molar-refractivity contribution is -0.137. The van der Waals surface area contributed by atoms with E-state index in [1.807, 2.05) is 59.2 Å². The number of fused-ring (bicyclic) bond motifs is 6.